The monoisotopic (exact) mass is 371 g/mol. The predicted molar refractivity (Wildman–Crippen MR) is 105 cm³/mol. The molecule has 1 aliphatic heterocycles. The van der Waals surface area contributed by atoms with E-state index in [2.05, 4.69) is 38.7 Å². The summed E-state index contributed by atoms with van der Waals surface area (Å²) < 4.78 is 14.5. The Hall–Kier alpha value is -2.48. The van der Waals surface area contributed by atoms with Gasteiger partial charge < -0.3 is 21.3 Å². The van der Waals surface area contributed by atoms with Gasteiger partial charge in [-0.25, -0.2) is 14.4 Å². The van der Waals surface area contributed by atoms with E-state index in [4.69, 9.17) is 11.5 Å². The molecule has 2 fully saturated rings. The van der Waals surface area contributed by atoms with E-state index in [0.717, 1.165) is 38.2 Å². The lowest BCUT2D eigenvalue weighted by molar-refractivity contribution is 0.234. The number of rotatable bonds is 3. The molecule has 0 aromatic carbocycles. The molecule has 144 valence electrons. The SMILES string of the molecule is Cc1nc(-c2nc(N)nc(N)c2N2CCN(C)C(C)C2)cc(C2CC2)c1F. The van der Waals surface area contributed by atoms with Gasteiger partial charge in [-0.2, -0.15) is 4.98 Å². The van der Waals surface area contributed by atoms with E-state index in [1.807, 2.05) is 6.07 Å². The lowest BCUT2D eigenvalue weighted by Crippen LogP contribution is -2.50. The van der Waals surface area contributed by atoms with Crippen LogP contribution in [0.15, 0.2) is 6.07 Å². The van der Waals surface area contributed by atoms with E-state index < -0.39 is 0 Å². The van der Waals surface area contributed by atoms with Crippen LogP contribution in [0, 0.1) is 12.7 Å². The Balaban J connectivity index is 1.84. The number of hydrogen-bond acceptors (Lipinski definition) is 7. The maximum atomic E-state index is 14.5. The number of aromatic nitrogens is 3. The Labute approximate surface area is 158 Å². The molecule has 27 heavy (non-hydrogen) atoms. The lowest BCUT2D eigenvalue weighted by Gasteiger charge is -2.39. The van der Waals surface area contributed by atoms with Crippen molar-refractivity contribution >= 4 is 17.5 Å². The Bertz CT molecular complexity index is 881. The van der Waals surface area contributed by atoms with Crippen molar-refractivity contribution in [1.82, 2.24) is 19.9 Å². The summed E-state index contributed by atoms with van der Waals surface area (Å²) in [5, 5.41) is 0. The smallest absolute Gasteiger partial charge is 0.222 e. The number of nitrogens with zero attached hydrogens (tertiary/aromatic N) is 5. The molecular weight excluding hydrogens is 345 g/mol. The van der Waals surface area contributed by atoms with Crippen molar-refractivity contribution in [3.8, 4) is 11.4 Å². The van der Waals surface area contributed by atoms with Gasteiger partial charge in [-0.3, -0.25) is 0 Å². The first-order chi connectivity index (χ1) is 12.8. The standard InChI is InChI=1S/C19H26FN7/c1-10-9-27(7-6-26(10)3)17-16(24-19(22)25-18(17)21)14-8-13(12-4-5-12)15(20)11(2)23-14/h8,10,12H,4-7,9H2,1-3H3,(H4,21,22,24,25). The fraction of sp³-hybridized carbons (Fsp3) is 0.526. The van der Waals surface area contributed by atoms with Gasteiger partial charge >= 0.3 is 0 Å². The number of anilines is 3. The minimum Gasteiger partial charge on any atom is -0.382 e. The van der Waals surface area contributed by atoms with Crippen LogP contribution in [0.2, 0.25) is 0 Å². The maximum Gasteiger partial charge on any atom is 0.222 e. The molecule has 1 aliphatic carbocycles. The van der Waals surface area contributed by atoms with Gasteiger partial charge in [0.2, 0.25) is 5.95 Å². The third-order valence-electron chi connectivity index (χ3n) is 5.62. The summed E-state index contributed by atoms with van der Waals surface area (Å²) in [6.07, 6.45) is 2.02. The van der Waals surface area contributed by atoms with Crippen LogP contribution in [0.5, 0.6) is 0 Å². The molecule has 8 heteroatoms. The molecule has 4 rings (SSSR count). The van der Waals surface area contributed by atoms with Crippen molar-refractivity contribution in [3.05, 3.63) is 23.1 Å². The Morgan fingerprint density at radius 1 is 1.15 bits per heavy atom. The van der Waals surface area contributed by atoms with Crippen LogP contribution < -0.4 is 16.4 Å². The van der Waals surface area contributed by atoms with E-state index in [1.165, 1.54) is 0 Å². The van der Waals surface area contributed by atoms with Gasteiger partial charge in [0, 0.05) is 25.7 Å². The highest BCUT2D eigenvalue weighted by Gasteiger charge is 2.31. The predicted octanol–water partition coefficient (Wildman–Crippen LogP) is 2.17. The van der Waals surface area contributed by atoms with Crippen LogP contribution in [0.3, 0.4) is 0 Å². The molecule has 0 amide bonds. The van der Waals surface area contributed by atoms with E-state index in [9.17, 15) is 4.39 Å². The van der Waals surface area contributed by atoms with Gasteiger partial charge in [-0.1, -0.05) is 0 Å². The van der Waals surface area contributed by atoms with Crippen molar-refractivity contribution in [2.75, 3.05) is 43.0 Å². The zero-order valence-corrected chi connectivity index (χ0v) is 16.0. The third-order valence-corrected chi connectivity index (χ3v) is 5.62. The fourth-order valence-electron chi connectivity index (χ4n) is 3.73. The van der Waals surface area contributed by atoms with Gasteiger partial charge in [0.1, 0.15) is 17.2 Å². The highest BCUT2D eigenvalue weighted by atomic mass is 19.1. The second-order valence-corrected chi connectivity index (χ2v) is 7.71. The van der Waals surface area contributed by atoms with Crippen LogP contribution in [0.4, 0.5) is 21.8 Å². The lowest BCUT2D eigenvalue weighted by atomic mass is 10.1. The van der Waals surface area contributed by atoms with Gasteiger partial charge in [-0.15, -0.1) is 0 Å². The van der Waals surface area contributed by atoms with E-state index in [1.54, 1.807) is 6.92 Å². The van der Waals surface area contributed by atoms with Crippen molar-refractivity contribution in [1.29, 1.82) is 0 Å². The molecule has 0 spiro atoms. The minimum atomic E-state index is -0.217. The average molecular weight is 371 g/mol. The summed E-state index contributed by atoms with van der Waals surface area (Å²) in [7, 11) is 2.11. The van der Waals surface area contributed by atoms with Gasteiger partial charge in [0.15, 0.2) is 5.82 Å². The summed E-state index contributed by atoms with van der Waals surface area (Å²) in [4.78, 5) is 17.6. The second-order valence-electron chi connectivity index (χ2n) is 7.71. The quantitative estimate of drug-likeness (QED) is 0.853. The van der Waals surface area contributed by atoms with Crippen molar-refractivity contribution in [2.24, 2.45) is 0 Å². The number of likely N-dealkylation sites (N-methyl/N-ethyl adjacent to an activating group) is 1. The Morgan fingerprint density at radius 2 is 1.89 bits per heavy atom. The molecule has 2 aliphatic rings. The van der Waals surface area contributed by atoms with Gasteiger partial charge in [0.25, 0.3) is 0 Å². The number of pyridine rings is 1. The van der Waals surface area contributed by atoms with Crippen molar-refractivity contribution in [2.45, 2.75) is 38.6 Å². The molecule has 2 aromatic heterocycles. The highest BCUT2D eigenvalue weighted by molar-refractivity contribution is 5.82. The first-order valence-corrected chi connectivity index (χ1v) is 9.40. The molecule has 7 nitrogen and oxygen atoms in total. The summed E-state index contributed by atoms with van der Waals surface area (Å²) in [6.45, 7) is 6.38. The molecule has 0 bridgehead atoms. The molecule has 3 heterocycles. The van der Waals surface area contributed by atoms with Gasteiger partial charge in [0.05, 0.1) is 11.4 Å². The maximum absolute atomic E-state index is 14.5. The molecular formula is C19H26FN7. The molecule has 1 atom stereocenters. The van der Waals surface area contributed by atoms with E-state index in [0.29, 0.717) is 34.5 Å². The number of nitrogens with two attached hydrogens (primary N) is 2. The minimum absolute atomic E-state index is 0.102. The summed E-state index contributed by atoms with van der Waals surface area (Å²) in [5.74, 6) is 0.497. The summed E-state index contributed by atoms with van der Waals surface area (Å²) in [6, 6.07) is 2.18. The zero-order valence-electron chi connectivity index (χ0n) is 16.0. The molecule has 4 N–H and O–H groups in total. The molecule has 0 radical (unpaired) electrons. The fourth-order valence-corrected chi connectivity index (χ4v) is 3.73. The normalized spacial score (nSPS) is 20.9. The van der Waals surface area contributed by atoms with Crippen molar-refractivity contribution in [3.63, 3.8) is 0 Å². The van der Waals surface area contributed by atoms with E-state index >= 15 is 0 Å². The average Bonchev–Trinajstić information content (AvgIpc) is 3.44. The first kappa shape index (κ1) is 17.9. The first-order valence-electron chi connectivity index (χ1n) is 9.40. The topological polar surface area (TPSA) is 97.2 Å². The third kappa shape index (κ3) is 3.29. The van der Waals surface area contributed by atoms with Crippen molar-refractivity contribution < 1.29 is 4.39 Å². The molecule has 2 aromatic rings. The Morgan fingerprint density at radius 3 is 2.56 bits per heavy atom. The number of halogens is 1. The molecule has 1 saturated heterocycles. The van der Waals surface area contributed by atoms with E-state index in [-0.39, 0.29) is 17.7 Å². The van der Waals surface area contributed by atoms with Crippen LogP contribution in [-0.2, 0) is 0 Å². The zero-order chi connectivity index (χ0) is 19.3. The largest absolute Gasteiger partial charge is 0.382 e. The summed E-state index contributed by atoms with van der Waals surface area (Å²) in [5.41, 5.74) is 15.2. The number of piperazine rings is 1. The van der Waals surface area contributed by atoms with Gasteiger partial charge in [-0.05, 0) is 51.3 Å². The number of nitrogen functional groups attached to an aromatic ring is 2. The second kappa shape index (κ2) is 6.60. The van der Waals surface area contributed by atoms with Crippen LogP contribution in [0.25, 0.3) is 11.4 Å². The number of hydrogen-bond donors (Lipinski definition) is 2. The molecule has 1 saturated carbocycles. The number of aryl methyl sites for hydroxylation is 1. The summed E-state index contributed by atoms with van der Waals surface area (Å²) >= 11 is 0. The molecule has 1 unspecified atom stereocenters. The van der Waals surface area contributed by atoms with Crippen LogP contribution >= 0.6 is 0 Å². The van der Waals surface area contributed by atoms with Crippen LogP contribution in [-0.4, -0.2) is 52.6 Å². The highest BCUT2D eigenvalue weighted by Crippen LogP contribution is 2.43. The van der Waals surface area contributed by atoms with Crippen LogP contribution in [0.1, 0.15) is 36.9 Å². The Kier molecular flexibility index (Phi) is 4.38.